The Morgan fingerprint density at radius 2 is 1.95 bits per heavy atom. The fourth-order valence-electron chi connectivity index (χ4n) is 4.82. The van der Waals surface area contributed by atoms with Crippen molar-refractivity contribution in [1.29, 1.82) is 0 Å². The monoisotopic (exact) mass is 517 g/mol. The standard InChI is InChI=1S/C22H35N11O4/c1-3-31(13-34)19-14-20(26-22(25-19)23-8-11-30-9-6-5-7-10-30)32(12-24-14)21-16(36)15(35)17(37-21)18-27-29-33(4-2)28-18/h12,15-17,21,34-36H,3-11,13H2,1-2H3,(H,23,25,26)/t15-,16+,17-,21+/m0/s1. The summed E-state index contributed by atoms with van der Waals surface area (Å²) < 4.78 is 7.60. The molecule has 0 bridgehead atoms. The van der Waals surface area contributed by atoms with E-state index in [0.717, 1.165) is 19.6 Å². The summed E-state index contributed by atoms with van der Waals surface area (Å²) in [5.74, 6) is 1.03. The predicted molar refractivity (Wildman–Crippen MR) is 133 cm³/mol. The third kappa shape index (κ3) is 5.09. The molecule has 0 unspecified atom stereocenters. The quantitative estimate of drug-likeness (QED) is 0.253. The highest BCUT2D eigenvalue weighted by Crippen LogP contribution is 2.39. The number of imidazole rings is 1. The number of aliphatic hydroxyl groups excluding tert-OH is 3. The van der Waals surface area contributed by atoms with Crippen LogP contribution in [-0.4, -0.2) is 112 Å². The Labute approximate surface area is 214 Å². The molecular weight excluding hydrogens is 482 g/mol. The number of aryl methyl sites for hydroxylation is 1. The minimum Gasteiger partial charge on any atom is -0.387 e. The number of tetrazole rings is 1. The van der Waals surface area contributed by atoms with Gasteiger partial charge in [0.25, 0.3) is 0 Å². The summed E-state index contributed by atoms with van der Waals surface area (Å²) in [5, 5.41) is 47.0. The van der Waals surface area contributed by atoms with Crippen molar-refractivity contribution in [3.8, 4) is 0 Å². The van der Waals surface area contributed by atoms with Gasteiger partial charge in [0.15, 0.2) is 29.3 Å². The van der Waals surface area contributed by atoms with Gasteiger partial charge < -0.3 is 35.2 Å². The van der Waals surface area contributed by atoms with E-state index in [4.69, 9.17) is 4.74 Å². The van der Waals surface area contributed by atoms with Crippen LogP contribution in [0.3, 0.4) is 0 Å². The smallest absolute Gasteiger partial charge is 0.226 e. The van der Waals surface area contributed by atoms with E-state index in [0.29, 0.717) is 42.6 Å². The summed E-state index contributed by atoms with van der Waals surface area (Å²) >= 11 is 0. The fourth-order valence-corrected chi connectivity index (χ4v) is 4.82. The predicted octanol–water partition coefficient (Wildman–Crippen LogP) is -0.501. The van der Waals surface area contributed by atoms with E-state index in [2.05, 4.69) is 40.6 Å². The summed E-state index contributed by atoms with van der Waals surface area (Å²) in [7, 11) is 0. The third-order valence-electron chi connectivity index (χ3n) is 6.93. The molecule has 0 radical (unpaired) electrons. The van der Waals surface area contributed by atoms with Gasteiger partial charge in [-0.05, 0) is 45.0 Å². The fraction of sp³-hybridized carbons (Fsp3) is 0.727. The molecule has 2 fully saturated rings. The van der Waals surface area contributed by atoms with Crippen molar-refractivity contribution in [1.82, 2.24) is 44.6 Å². The molecule has 0 amide bonds. The highest BCUT2D eigenvalue weighted by Gasteiger charge is 2.47. The van der Waals surface area contributed by atoms with Crippen molar-refractivity contribution in [2.24, 2.45) is 0 Å². The van der Waals surface area contributed by atoms with Crippen LogP contribution in [0.2, 0.25) is 0 Å². The number of rotatable bonds is 10. The zero-order chi connectivity index (χ0) is 25.9. The Hall–Kier alpha value is -2.98. The van der Waals surface area contributed by atoms with E-state index in [-0.39, 0.29) is 12.6 Å². The van der Waals surface area contributed by atoms with Crippen molar-refractivity contribution in [2.45, 2.75) is 64.2 Å². The Morgan fingerprint density at radius 3 is 2.65 bits per heavy atom. The summed E-state index contributed by atoms with van der Waals surface area (Å²) in [6.45, 7) is 8.27. The number of hydrogen-bond donors (Lipinski definition) is 4. The van der Waals surface area contributed by atoms with Crippen LogP contribution in [0.1, 0.15) is 51.3 Å². The zero-order valence-corrected chi connectivity index (χ0v) is 21.2. The summed E-state index contributed by atoms with van der Waals surface area (Å²) in [6, 6.07) is 0. The highest BCUT2D eigenvalue weighted by molar-refractivity contribution is 5.85. The number of ether oxygens (including phenoxy) is 1. The minimum atomic E-state index is -1.29. The van der Waals surface area contributed by atoms with E-state index in [9.17, 15) is 15.3 Å². The van der Waals surface area contributed by atoms with Crippen LogP contribution in [0, 0.1) is 0 Å². The van der Waals surface area contributed by atoms with Crippen LogP contribution < -0.4 is 10.2 Å². The lowest BCUT2D eigenvalue weighted by Crippen LogP contribution is -2.34. The number of aliphatic hydroxyl groups is 3. The number of fused-ring (bicyclic) bond motifs is 1. The molecule has 37 heavy (non-hydrogen) atoms. The van der Waals surface area contributed by atoms with Gasteiger partial charge in [-0.25, -0.2) is 4.98 Å². The number of aromatic nitrogens is 8. The van der Waals surface area contributed by atoms with Crippen molar-refractivity contribution < 1.29 is 20.1 Å². The first kappa shape index (κ1) is 25.7. The van der Waals surface area contributed by atoms with Gasteiger partial charge in [-0.3, -0.25) is 4.57 Å². The van der Waals surface area contributed by atoms with Crippen LogP contribution in [-0.2, 0) is 11.3 Å². The number of hydrogen-bond acceptors (Lipinski definition) is 13. The maximum Gasteiger partial charge on any atom is 0.226 e. The number of anilines is 2. The first-order valence-electron chi connectivity index (χ1n) is 12.9. The third-order valence-corrected chi connectivity index (χ3v) is 6.93. The topological polar surface area (TPSA) is 176 Å². The van der Waals surface area contributed by atoms with E-state index in [1.807, 2.05) is 13.8 Å². The molecule has 0 aliphatic carbocycles. The lowest BCUT2D eigenvalue weighted by atomic mass is 10.1. The highest BCUT2D eigenvalue weighted by atomic mass is 16.6. The van der Waals surface area contributed by atoms with E-state index in [1.54, 1.807) is 9.47 Å². The first-order valence-corrected chi connectivity index (χ1v) is 12.9. The second kappa shape index (κ2) is 11.2. The number of piperidine rings is 1. The van der Waals surface area contributed by atoms with Crippen molar-refractivity contribution in [3.05, 3.63) is 12.2 Å². The average Bonchev–Trinajstić information content (AvgIpc) is 3.64. The molecule has 15 nitrogen and oxygen atoms in total. The molecule has 4 atom stereocenters. The maximum atomic E-state index is 10.9. The molecule has 5 heterocycles. The minimum absolute atomic E-state index is 0.188. The van der Waals surface area contributed by atoms with Gasteiger partial charge in [-0.15, -0.1) is 10.2 Å². The summed E-state index contributed by atoms with van der Waals surface area (Å²) in [5.41, 5.74) is 0.848. The van der Waals surface area contributed by atoms with Gasteiger partial charge in [0.1, 0.15) is 18.9 Å². The average molecular weight is 518 g/mol. The Morgan fingerprint density at radius 1 is 1.14 bits per heavy atom. The maximum absolute atomic E-state index is 10.9. The van der Waals surface area contributed by atoms with Gasteiger partial charge in [0.05, 0.1) is 12.9 Å². The molecule has 0 saturated carbocycles. The number of nitrogens with zero attached hydrogens (tertiary/aromatic N) is 10. The van der Waals surface area contributed by atoms with Crippen molar-refractivity contribution in [2.75, 3.05) is 49.7 Å². The SMILES string of the molecule is CCN(CO)c1nc(NCCN2CCCCC2)nc2c1ncn2[C@@H]1O[C@H](c2nnn(CC)n2)[C@@H](O)[C@H]1O. The largest absolute Gasteiger partial charge is 0.387 e. The summed E-state index contributed by atoms with van der Waals surface area (Å²) in [6.07, 6.45) is 0.684. The molecule has 3 aromatic rings. The number of likely N-dealkylation sites (tertiary alicyclic amines) is 1. The Bertz CT molecular complexity index is 1180. The molecule has 4 N–H and O–H groups in total. The van der Waals surface area contributed by atoms with Crippen LogP contribution in [0.5, 0.6) is 0 Å². The lowest BCUT2D eigenvalue weighted by Gasteiger charge is -2.26. The van der Waals surface area contributed by atoms with E-state index < -0.39 is 24.5 Å². The van der Waals surface area contributed by atoms with E-state index >= 15 is 0 Å². The Balaban J connectivity index is 1.43. The molecule has 3 aromatic heterocycles. The van der Waals surface area contributed by atoms with E-state index in [1.165, 1.54) is 30.4 Å². The molecule has 5 rings (SSSR count). The van der Waals surface area contributed by atoms with Crippen molar-refractivity contribution >= 4 is 22.9 Å². The molecule has 2 saturated heterocycles. The van der Waals surface area contributed by atoms with Crippen LogP contribution in [0.25, 0.3) is 11.2 Å². The molecule has 202 valence electrons. The van der Waals surface area contributed by atoms with Gasteiger partial charge in [-0.2, -0.15) is 14.8 Å². The zero-order valence-electron chi connectivity index (χ0n) is 21.2. The van der Waals surface area contributed by atoms with Crippen LogP contribution in [0.4, 0.5) is 11.8 Å². The van der Waals surface area contributed by atoms with Crippen LogP contribution >= 0.6 is 0 Å². The summed E-state index contributed by atoms with van der Waals surface area (Å²) in [4.78, 5) is 19.3. The second-order valence-electron chi connectivity index (χ2n) is 9.29. The second-order valence-corrected chi connectivity index (χ2v) is 9.29. The number of nitrogens with one attached hydrogen (secondary N) is 1. The van der Waals surface area contributed by atoms with Crippen molar-refractivity contribution in [3.63, 3.8) is 0 Å². The lowest BCUT2D eigenvalue weighted by molar-refractivity contribution is -0.0384. The molecular formula is C22H35N11O4. The molecule has 2 aliphatic heterocycles. The van der Waals surface area contributed by atoms with Gasteiger partial charge in [-0.1, -0.05) is 6.42 Å². The molecule has 0 spiro atoms. The van der Waals surface area contributed by atoms with Gasteiger partial charge in [0.2, 0.25) is 11.8 Å². The van der Waals surface area contributed by atoms with Gasteiger partial charge in [0, 0.05) is 19.6 Å². The normalized spacial score (nSPS) is 24.7. The van der Waals surface area contributed by atoms with Gasteiger partial charge >= 0.3 is 0 Å². The molecule has 0 aromatic carbocycles. The Kier molecular flexibility index (Phi) is 7.76. The first-order chi connectivity index (χ1) is 18.0. The molecule has 15 heteroatoms. The van der Waals surface area contributed by atoms with Crippen LogP contribution in [0.15, 0.2) is 6.33 Å². The molecule has 2 aliphatic rings.